The minimum atomic E-state index is -1.04. The molecule has 2 N–H and O–H groups in total. The zero-order valence-corrected chi connectivity index (χ0v) is 11.6. The van der Waals surface area contributed by atoms with Crippen molar-refractivity contribution in [1.82, 2.24) is 5.32 Å². The number of carbonyl (C=O) groups is 2. The van der Waals surface area contributed by atoms with Crippen molar-refractivity contribution in [2.75, 3.05) is 7.11 Å². The van der Waals surface area contributed by atoms with E-state index in [1.807, 2.05) is 13.8 Å². The molecule has 0 saturated carbocycles. The number of carboxylic acid groups (broad SMARTS) is 1. The van der Waals surface area contributed by atoms with Crippen LogP contribution in [-0.4, -0.2) is 29.7 Å². The molecule has 0 spiro atoms. The van der Waals surface area contributed by atoms with Gasteiger partial charge in [-0.2, -0.15) is 0 Å². The maximum absolute atomic E-state index is 11.7. The molecule has 0 fully saturated rings. The molecule has 0 bridgehead atoms. The van der Waals surface area contributed by atoms with Crippen LogP contribution in [-0.2, 0) is 16.1 Å². The van der Waals surface area contributed by atoms with Gasteiger partial charge in [-0.3, -0.25) is 4.79 Å². The second-order valence-electron chi connectivity index (χ2n) is 4.91. The van der Waals surface area contributed by atoms with Gasteiger partial charge in [0.15, 0.2) is 0 Å². The highest BCUT2D eigenvalue weighted by Gasteiger charge is 2.21. The maximum Gasteiger partial charge on any atom is 0.339 e. The van der Waals surface area contributed by atoms with Gasteiger partial charge in [-0.25, -0.2) is 4.79 Å². The average Bonchev–Trinajstić information content (AvgIpc) is 2.67. The molecule has 1 amide bonds. The highest BCUT2D eigenvalue weighted by molar-refractivity contribution is 5.88. The molecule has 0 aliphatic rings. The Morgan fingerprint density at radius 2 is 2.11 bits per heavy atom. The first kappa shape index (κ1) is 15.2. The van der Waals surface area contributed by atoms with Gasteiger partial charge in [-0.1, -0.05) is 0 Å². The Morgan fingerprint density at radius 1 is 1.47 bits per heavy atom. The largest absolute Gasteiger partial charge is 0.478 e. The van der Waals surface area contributed by atoms with Crippen molar-refractivity contribution in [3.8, 4) is 0 Å². The van der Waals surface area contributed by atoms with E-state index in [-0.39, 0.29) is 24.4 Å². The third kappa shape index (κ3) is 4.40. The number of hydrogen-bond donors (Lipinski definition) is 2. The third-order valence-corrected chi connectivity index (χ3v) is 2.80. The lowest BCUT2D eigenvalue weighted by molar-refractivity contribution is -0.126. The van der Waals surface area contributed by atoms with E-state index >= 15 is 0 Å². The van der Waals surface area contributed by atoms with Crippen LogP contribution in [0.4, 0.5) is 0 Å². The SMILES string of the molecule is COC(C)(C)CC(=O)NCc1cc(C(=O)O)c(C)o1. The van der Waals surface area contributed by atoms with Gasteiger partial charge in [0.05, 0.1) is 18.6 Å². The fourth-order valence-corrected chi connectivity index (χ4v) is 1.55. The smallest absolute Gasteiger partial charge is 0.339 e. The van der Waals surface area contributed by atoms with E-state index < -0.39 is 11.6 Å². The number of carbonyl (C=O) groups excluding carboxylic acids is 1. The molecule has 1 heterocycles. The summed E-state index contributed by atoms with van der Waals surface area (Å²) in [5.41, 5.74) is -0.420. The van der Waals surface area contributed by atoms with Gasteiger partial charge in [0, 0.05) is 7.11 Å². The predicted octanol–water partition coefficient (Wildman–Crippen LogP) is 1.72. The monoisotopic (exact) mass is 269 g/mol. The Hall–Kier alpha value is -1.82. The molecule has 6 nitrogen and oxygen atoms in total. The molecule has 0 radical (unpaired) electrons. The van der Waals surface area contributed by atoms with Crippen LogP contribution in [0.1, 0.15) is 42.1 Å². The van der Waals surface area contributed by atoms with Crippen molar-refractivity contribution in [2.24, 2.45) is 0 Å². The summed E-state index contributed by atoms with van der Waals surface area (Å²) in [6.45, 7) is 5.36. The van der Waals surface area contributed by atoms with Crippen LogP contribution < -0.4 is 5.32 Å². The third-order valence-electron chi connectivity index (χ3n) is 2.80. The van der Waals surface area contributed by atoms with E-state index in [2.05, 4.69) is 5.32 Å². The van der Waals surface area contributed by atoms with Crippen molar-refractivity contribution in [2.45, 2.75) is 39.3 Å². The molecule has 106 valence electrons. The standard InChI is InChI=1S/C13H19NO5/c1-8-10(12(16)17)5-9(19-8)7-14-11(15)6-13(2,3)18-4/h5H,6-7H2,1-4H3,(H,14,15)(H,16,17). The number of ether oxygens (including phenoxy) is 1. The van der Waals surface area contributed by atoms with Gasteiger partial charge in [0.2, 0.25) is 5.91 Å². The number of carboxylic acids is 1. The molecule has 1 aromatic heterocycles. The first-order chi connectivity index (χ1) is 8.75. The van der Waals surface area contributed by atoms with Crippen LogP contribution in [0.2, 0.25) is 0 Å². The summed E-state index contributed by atoms with van der Waals surface area (Å²) in [6.07, 6.45) is 0.217. The van der Waals surface area contributed by atoms with Crippen LogP contribution in [0.15, 0.2) is 10.5 Å². The topological polar surface area (TPSA) is 88.8 Å². The number of amides is 1. The number of rotatable bonds is 6. The lowest BCUT2D eigenvalue weighted by Crippen LogP contribution is -2.33. The van der Waals surface area contributed by atoms with Crippen LogP contribution in [0.25, 0.3) is 0 Å². The van der Waals surface area contributed by atoms with Gasteiger partial charge >= 0.3 is 5.97 Å². The predicted molar refractivity (Wildman–Crippen MR) is 68.0 cm³/mol. The molecule has 1 rings (SSSR count). The first-order valence-electron chi connectivity index (χ1n) is 5.89. The summed E-state index contributed by atoms with van der Waals surface area (Å²) in [5, 5.41) is 11.5. The number of aryl methyl sites for hydroxylation is 1. The Kier molecular flexibility index (Phi) is 4.72. The molecule has 6 heteroatoms. The first-order valence-corrected chi connectivity index (χ1v) is 5.89. The summed E-state index contributed by atoms with van der Waals surface area (Å²) in [7, 11) is 1.54. The molecule has 0 aromatic carbocycles. The van der Waals surface area contributed by atoms with E-state index in [9.17, 15) is 9.59 Å². The normalized spacial score (nSPS) is 11.4. The van der Waals surface area contributed by atoms with Crippen LogP contribution in [0.5, 0.6) is 0 Å². The molecular weight excluding hydrogens is 250 g/mol. The van der Waals surface area contributed by atoms with E-state index in [1.54, 1.807) is 14.0 Å². The summed E-state index contributed by atoms with van der Waals surface area (Å²) in [5.74, 6) is -0.482. The van der Waals surface area contributed by atoms with Gasteiger partial charge in [-0.15, -0.1) is 0 Å². The van der Waals surface area contributed by atoms with Crippen molar-refractivity contribution in [3.63, 3.8) is 0 Å². The van der Waals surface area contributed by atoms with E-state index in [1.165, 1.54) is 6.07 Å². The van der Waals surface area contributed by atoms with Crippen molar-refractivity contribution in [1.29, 1.82) is 0 Å². The number of aromatic carboxylic acids is 1. The highest BCUT2D eigenvalue weighted by Crippen LogP contribution is 2.15. The Labute approximate surface area is 111 Å². The fraction of sp³-hybridized carbons (Fsp3) is 0.538. The second-order valence-corrected chi connectivity index (χ2v) is 4.91. The molecule has 0 saturated heterocycles. The molecule has 19 heavy (non-hydrogen) atoms. The summed E-state index contributed by atoms with van der Waals surface area (Å²) in [4.78, 5) is 22.5. The summed E-state index contributed by atoms with van der Waals surface area (Å²) < 4.78 is 10.4. The van der Waals surface area contributed by atoms with Gasteiger partial charge in [0.1, 0.15) is 17.1 Å². The molecule has 1 aromatic rings. The number of methoxy groups -OCH3 is 1. The molecule has 0 atom stereocenters. The minimum absolute atomic E-state index is 0.112. The van der Waals surface area contributed by atoms with E-state index in [0.717, 1.165) is 0 Å². The molecule has 0 aliphatic carbocycles. The number of nitrogens with one attached hydrogen (secondary N) is 1. The van der Waals surface area contributed by atoms with Crippen LogP contribution in [0, 0.1) is 6.92 Å². The van der Waals surface area contributed by atoms with E-state index in [4.69, 9.17) is 14.3 Å². The van der Waals surface area contributed by atoms with Crippen molar-refractivity contribution < 1.29 is 23.8 Å². The Morgan fingerprint density at radius 3 is 2.58 bits per heavy atom. The van der Waals surface area contributed by atoms with Gasteiger partial charge < -0.3 is 19.6 Å². The van der Waals surface area contributed by atoms with Crippen LogP contribution in [0.3, 0.4) is 0 Å². The number of furan rings is 1. The fourth-order valence-electron chi connectivity index (χ4n) is 1.55. The lowest BCUT2D eigenvalue weighted by Gasteiger charge is -2.21. The van der Waals surface area contributed by atoms with Crippen molar-refractivity contribution in [3.05, 3.63) is 23.2 Å². The molecule has 0 unspecified atom stereocenters. The summed E-state index contributed by atoms with van der Waals surface area (Å²) >= 11 is 0. The Balaban J connectivity index is 2.56. The van der Waals surface area contributed by atoms with E-state index in [0.29, 0.717) is 11.5 Å². The Bertz CT molecular complexity index is 475. The van der Waals surface area contributed by atoms with Crippen LogP contribution >= 0.6 is 0 Å². The second kappa shape index (κ2) is 5.88. The van der Waals surface area contributed by atoms with Gasteiger partial charge in [0.25, 0.3) is 0 Å². The minimum Gasteiger partial charge on any atom is -0.478 e. The zero-order chi connectivity index (χ0) is 14.6. The summed E-state index contributed by atoms with van der Waals surface area (Å²) in [6, 6.07) is 1.42. The average molecular weight is 269 g/mol. The number of hydrogen-bond acceptors (Lipinski definition) is 4. The quantitative estimate of drug-likeness (QED) is 0.820. The molecule has 0 aliphatic heterocycles. The van der Waals surface area contributed by atoms with Crippen molar-refractivity contribution >= 4 is 11.9 Å². The highest BCUT2D eigenvalue weighted by atomic mass is 16.5. The molecular formula is C13H19NO5. The zero-order valence-electron chi connectivity index (χ0n) is 11.6. The lowest BCUT2D eigenvalue weighted by atomic mass is 10.1. The van der Waals surface area contributed by atoms with Gasteiger partial charge in [-0.05, 0) is 26.8 Å². The maximum atomic E-state index is 11.7.